The van der Waals surface area contributed by atoms with Gasteiger partial charge in [-0.05, 0) is 43.9 Å². The molecule has 1 aliphatic heterocycles. The van der Waals surface area contributed by atoms with E-state index in [1.807, 2.05) is 30.9 Å². The SMILES string of the molecule is Cc1cc(C)c(NC(=O)N2CCN(C3CCCCC3)CC2)c(Cl)c1. The lowest BCUT2D eigenvalue weighted by Crippen LogP contribution is -2.53. The first-order valence-corrected chi connectivity index (χ1v) is 9.49. The second-order valence-corrected chi connectivity index (χ2v) is 7.59. The molecule has 0 radical (unpaired) electrons. The van der Waals surface area contributed by atoms with Gasteiger partial charge in [-0.1, -0.05) is 36.9 Å². The molecular formula is C19H28ClN3O. The van der Waals surface area contributed by atoms with Crippen LogP contribution >= 0.6 is 11.6 Å². The van der Waals surface area contributed by atoms with Crippen molar-refractivity contribution in [1.29, 1.82) is 0 Å². The van der Waals surface area contributed by atoms with E-state index in [4.69, 9.17) is 11.6 Å². The number of rotatable bonds is 2. The Morgan fingerprint density at radius 2 is 1.75 bits per heavy atom. The van der Waals surface area contributed by atoms with Crippen molar-refractivity contribution >= 4 is 23.3 Å². The Morgan fingerprint density at radius 3 is 2.38 bits per heavy atom. The maximum Gasteiger partial charge on any atom is 0.321 e. The van der Waals surface area contributed by atoms with E-state index in [1.54, 1.807) is 0 Å². The molecule has 0 bridgehead atoms. The van der Waals surface area contributed by atoms with Crippen LogP contribution in [0.4, 0.5) is 10.5 Å². The zero-order valence-electron chi connectivity index (χ0n) is 14.8. The van der Waals surface area contributed by atoms with Crippen molar-refractivity contribution in [2.24, 2.45) is 0 Å². The van der Waals surface area contributed by atoms with Gasteiger partial charge < -0.3 is 10.2 Å². The van der Waals surface area contributed by atoms with Gasteiger partial charge in [0.25, 0.3) is 0 Å². The van der Waals surface area contributed by atoms with Crippen LogP contribution in [-0.2, 0) is 0 Å². The summed E-state index contributed by atoms with van der Waals surface area (Å²) in [5.41, 5.74) is 2.85. The molecule has 1 N–H and O–H groups in total. The Hall–Kier alpha value is -1.26. The summed E-state index contributed by atoms with van der Waals surface area (Å²) in [4.78, 5) is 17.1. The lowest BCUT2D eigenvalue weighted by molar-refractivity contribution is 0.0943. The van der Waals surface area contributed by atoms with E-state index in [2.05, 4.69) is 10.2 Å². The van der Waals surface area contributed by atoms with Gasteiger partial charge in [-0.2, -0.15) is 0 Å². The van der Waals surface area contributed by atoms with E-state index in [9.17, 15) is 4.79 Å². The van der Waals surface area contributed by atoms with E-state index >= 15 is 0 Å². The molecule has 3 rings (SSSR count). The van der Waals surface area contributed by atoms with Crippen LogP contribution in [0.25, 0.3) is 0 Å². The smallest absolute Gasteiger partial charge is 0.321 e. The van der Waals surface area contributed by atoms with Gasteiger partial charge in [0, 0.05) is 32.2 Å². The van der Waals surface area contributed by atoms with Crippen LogP contribution in [0.5, 0.6) is 0 Å². The highest BCUT2D eigenvalue weighted by Gasteiger charge is 2.27. The van der Waals surface area contributed by atoms with Crippen LogP contribution in [0.15, 0.2) is 12.1 Å². The minimum absolute atomic E-state index is 0.0350. The Bertz CT molecular complexity index is 567. The number of nitrogens with zero attached hydrogens (tertiary/aromatic N) is 2. The molecule has 1 heterocycles. The first-order chi connectivity index (χ1) is 11.5. The Balaban J connectivity index is 1.56. The summed E-state index contributed by atoms with van der Waals surface area (Å²) in [6.45, 7) is 7.55. The molecule has 1 aromatic rings. The number of hydrogen-bond acceptors (Lipinski definition) is 2. The van der Waals surface area contributed by atoms with Crippen LogP contribution in [0.3, 0.4) is 0 Å². The summed E-state index contributed by atoms with van der Waals surface area (Å²) in [7, 11) is 0. The quantitative estimate of drug-likeness (QED) is 0.856. The number of halogens is 1. The third kappa shape index (κ3) is 4.04. The normalized spacial score (nSPS) is 20.2. The largest absolute Gasteiger partial charge is 0.322 e. The summed E-state index contributed by atoms with van der Waals surface area (Å²) in [5.74, 6) is 0. The third-order valence-corrected chi connectivity index (χ3v) is 5.65. The summed E-state index contributed by atoms with van der Waals surface area (Å²) in [6.07, 6.45) is 6.75. The molecule has 1 aliphatic carbocycles. The Labute approximate surface area is 150 Å². The van der Waals surface area contributed by atoms with Crippen LogP contribution in [0.2, 0.25) is 5.02 Å². The number of nitrogens with one attached hydrogen (secondary N) is 1. The van der Waals surface area contributed by atoms with Gasteiger partial charge in [0.15, 0.2) is 0 Å². The van der Waals surface area contributed by atoms with Crippen molar-refractivity contribution < 1.29 is 4.79 Å². The van der Waals surface area contributed by atoms with Gasteiger partial charge in [0.05, 0.1) is 10.7 Å². The third-order valence-electron chi connectivity index (χ3n) is 5.36. The minimum Gasteiger partial charge on any atom is -0.322 e. The van der Waals surface area contributed by atoms with Crippen LogP contribution in [0, 0.1) is 13.8 Å². The molecule has 132 valence electrons. The number of anilines is 1. The Morgan fingerprint density at radius 1 is 1.08 bits per heavy atom. The monoisotopic (exact) mass is 349 g/mol. The summed E-state index contributed by atoms with van der Waals surface area (Å²) >= 11 is 6.30. The van der Waals surface area contributed by atoms with Crippen molar-refractivity contribution in [2.45, 2.75) is 52.0 Å². The number of urea groups is 1. The van der Waals surface area contributed by atoms with E-state index in [1.165, 1.54) is 32.1 Å². The number of carbonyl (C=O) groups is 1. The van der Waals surface area contributed by atoms with E-state index < -0.39 is 0 Å². The highest BCUT2D eigenvalue weighted by atomic mass is 35.5. The fourth-order valence-corrected chi connectivity index (χ4v) is 4.36. The van der Waals surface area contributed by atoms with Crippen molar-refractivity contribution in [3.8, 4) is 0 Å². The Kier molecular flexibility index (Phi) is 5.67. The summed E-state index contributed by atoms with van der Waals surface area (Å²) in [5, 5.41) is 3.62. The van der Waals surface area contributed by atoms with Crippen molar-refractivity contribution in [2.75, 3.05) is 31.5 Å². The summed E-state index contributed by atoms with van der Waals surface area (Å²) < 4.78 is 0. The zero-order chi connectivity index (χ0) is 17.1. The molecule has 2 fully saturated rings. The molecule has 5 heteroatoms. The molecule has 1 saturated heterocycles. The number of hydrogen-bond donors (Lipinski definition) is 1. The molecule has 0 aromatic heterocycles. The first kappa shape index (κ1) is 17.6. The molecule has 1 aromatic carbocycles. The predicted molar refractivity (Wildman–Crippen MR) is 100.0 cm³/mol. The first-order valence-electron chi connectivity index (χ1n) is 9.11. The van der Waals surface area contributed by atoms with Crippen molar-refractivity contribution in [1.82, 2.24) is 9.80 Å². The summed E-state index contributed by atoms with van der Waals surface area (Å²) in [6, 6.07) is 4.64. The predicted octanol–water partition coefficient (Wildman–Crippen LogP) is 4.44. The minimum atomic E-state index is -0.0350. The lowest BCUT2D eigenvalue weighted by atomic mass is 9.94. The molecule has 1 saturated carbocycles. The number of piperazine rings is 1. The molecule has 0 atom stereocenters. The molecular weight excluding hydrogens is 322 g/mol. The average Bonchev–Trinajstić information content (AvgIpc) is 2.59. The maximum atomic E-state index is 12.6. The van der Waals surface area contributed by atoms with Crippen LogP contribution < -0.4 is 5.32 Å². The van der Waals surface area contributed by atoms with Gasteiger partial charge in [0.1, 0.15) is 0 Å². The fraction of sp³-hybridized carbons (Fsp3) is 0.632. The molecule has 24 heavy (non-hydrogen) atoms. The number of carbonyl (C=O) groups excluding carboxylic acids is 1. The lowest BCUT2D eigenvalue weighted by Gasteiger charge is -2.40. The number of benzene rings is 1. The van der Waals surface area contributed by atoms with Gasteiger partial charge in [-0.15, -0.1) is 0 Å². The van der Waals surface area contributed by atoms with Gasteiger partial charge in [-0.25, -0.2) is 4.79 Å². The van der Waals surface area contributed by atoms with Crippen molar-refractivity contribution in [3.63, 3.8) is 0 Å². The molecule has 4 nitrogen and oxygen atoms in total. The molecule has 2 amide bonds. The van der Waals surface area contributed by atoms with E-state index in [-0.39, 0.29) is 6.03 Å². The highest BCUT2D eigenvalue weighted by molar-refractivity contribution is 6.34. The highest BCUT2D eigenvalue weighted by Crippen LogP contribution is 2.28. The van der Waals surface area contributed by atoms with Crippen LogP contribution in [-0.4, -0.2) is 48.1 Å². The van der Waals surface area contributed by atoms with Gasteiger partial charge in [-0.3, -0.25) is 4.90 Å². The zero-order valence-corrected chi connectivity index (χ0v) is 15.5. The molecule has 0 unspecified atom stereocenters. The average molecular weight is 350 g/mol. The number of amides is 2. The second-order valence-electron chi connectivity index (χ2n) is 7.18. The van der Waals surface area contributed by atoms with Gasteiger partial charge in [0.2, 0.25) is 0 Å². The van der Waals surface area contributed by atoms with Gasteiger partial charge >= 0.3 is 6.03 Å². The van der Waals surface area contributed by atoms with Crippen molar-refractivity contribution in [3.05, 3.63) is 28.3 Å². The number of aryl methyl sites for hydroxylation is 2. The molecule has 2 aliphatic rings. The fourth-order valence-electron chi connectivity index (χ4n) is 4.00. The standard InChI is InChI=1S/C19H28ClN3O/c1-14-12-15(2)18(17(20)13-14)21-19(24)23-10-8-22(9-11-23)16-6-4-3-5-7-16/h12-13,16H,3-11H2,1-2H3,(H,21,24). The second kappa shape index (κ2) is 7.75. The maximum absolute atomic E-state index is 12.6. The van der Waals surface area contributed by atoms with E-state index in [0.29, 0.717) is 5.02 Å². The topological polar surface area (TPSA) is 35.6 Å². The molecule has 0 spiro atoms. The van der Waals surface area contributed by atoms with E-state index in [0.717, 1.165) is 49.0 Å². The van der Waals surface area contributed by atoms with Crippen LogP contribution in [0.1, 0.15) is 43.2 Å².